The van der Waals surface area contributed by atoms with Gasteiger partial charge in [-0.1, -0.05) is 0 Å². The lowest BCUT2D eigenvalue weighted by Gasteiger charge is -2.12. The molecule has 0 unspecified atom stereocenters. The average Bonchev–Trinajstić information content (AvgIpc) is 2.87. The molecule has 1 aliphatic rings. The van der Waals surface area contributed by atoms with Crippen molar-refractivity contribution in [3.8, 4) is 5.88 Å². The van der Waals surface area contributed by atoms with Gasteiger partial charge in [-0.2, -0.15) is 5.10 Å². The van der Waals surface area contributed by atoms with Crippen LogP contribution in [-0.2, 0) is 19.6 Å². The normalized spacial score (nSPS) is 14.7. The van der Waals surface area contributed by atoms with Gasteiger partial charge in [0.2, 0.25) is 5.88 Å². The Labute approximate surface area is 148 Å². The van der Waals surface area contributed by atoms with Crippen LogP contribution in [0.3, 0.4) is 0 Å². The highest BCUT2D eigenvalue weighted by atomic mass is 16.5. The molecule has 1 amide bonds. The number of nitrogens with one attached hydrogen (secondary N) is 1. The molecule has 0 atom stereocenters. The maximum atomic E-state index is 12.5. The molecule has 25 heavy (non-hydrogen) atoms. The van der Waals surface area contributed by atoms with Crippen LogP contribution < -0.4 is 10.1 Å². The lowest BCUT2D eigenvalue weighted by Crippen LogP contribution is -2.24. The Bertz CT molecular complexity index is 784. The Morgan fingerprint density at radius 1 is 1.32 bits per heavy atom. The van der Waals surface area contributed by atoms with Gasteiger partial charge in [0.25, 0.3) is 5.91 Å². The number of hydrogen-bond acceptors (Lipinski definition) is 5. The molecule has 2 aromatic heterocycles. The van der Waals surface area contributed by atoms with Gasteiger partial charge in [-0.3, -0.25) is 9.48 Å². The van der Waals surface area contributed by atoms with Crippen LogP contribution in [0, 0.1) is 13.8 Å². The van der Waals surface area contributed by atoms with Crippen LogP contribution in [-0.4, -0.2) is 46.3 Å². The van der Waals surface area contributed by atoms with Crippen LogP contribution in [0.2, 0.25) is 0 Å². The highest BCUT2D eigenvalue weighted by Gasteiger charge is 2.18. The number of rotatable bonds is 4. The quantitative estimate of drug-likeness (QED) is 0.914. The van der Waals surface area contributed by atoms with Crippen molar-refractivity contribution in [2.24, 2.45) is 0 Å². The number of amides is 1. The second kappa shape index (κ2) is 7.23. The van der Waals surface area contributed by atoms with E-state index in [2.05, 4.69) is 27.3 Å². The lowest BCUT2D eigenvalue weighted by atomic mass is 10.1. The van der Waals surface area contributed by atoms with E-state index in [9.17, 15) is 4.79 Å². The van der Waals surface area contributed by atoms with Gasteiger partial charge >= 0.3 is 0 Å². The number of aryl methyl sites for hydroxylation is 3. The van der Waals surface area contributed by atoms with Crippen molar-refractivity contribution in [2.75, 3.05) is 20.7 Å². The Morgan fingerprint density at radius 2 is 2.12 bits per heavy atom. The van der Waals surface area contributed by atoms with Crippen molar-refractivity contribution < 1.29 is 9.53 Å². The molecule has 0 spiro atoms. The van der Waals surface area contributed by atoms with Gasteiger partial charge in [0, 0.05) is 37.4 Å². The zero-order chi connectivity index (χ0) is 18.0. The summed E-state index contributed by atoms with van der Waals surface area (Å²) in [4.78, 5) is 19.1. The number of ether oxygens (including phenoxy) is 1. The fraction of sp³-hybridized carbons (Fsp3) is 0.500. The third-order valence-corrected chi connectivity index (χ3v) is 4.49. The van der Waals surface area contributed by atoms with Gasteiger partial charge in [0.1, 0.15) is 0 Å². The topological polar surface area (TPSA) is 72.3 Å². The fourth-order valence-electron chi connectivity index (χ4n) is 3.21. The molecule has 1 aliphatic heterocycles. The first kappa shape index (κ1) is 17.4. The van der Waals surface area contributed by atoms with Crippen LogP contribution in [0.25, 0.3) is 0 Å². The van der Waals surface area contributed by atoms with Crippen molar-refractivity contribution in [1.82, 2.24) is 25.0 Å². The minimum atomic E-state index is -0.176. The van der Waals surface area contributed by atoms with Gasteiger partial charge in [0.15, 0.2) is 5.69 Å². The van der Waals surface area contributed by atoms with Crippen LogP contribution in [0.5, 0.6) is 5.88 Å². The van der Waals surface area contributed by atoms with E-state index in [0.29, 0.717) is 18.1 Å². The number of hydrogen-bond donors (Lipinski definition) is 1. The molecule has 7 heteroatoms. The van der Waals surface area contributed by atoms with Gasteiger partial charge in [0.05, 0.1) is 12.8 Å². The Hall–Kier alpha value is -2.41. The fourth-order valence-corrected chi connectivity index (χ4v) is 3.21. The third kappa shape index (κ3) is 3.82. The van der Waals surface area contributed by atoms with Gasteiger partial charge in [-0.25, -0.2) is 4.98 Å². The number of carbonyl (C=O) groups is 1. The third-order valence-electron chi connectivity index (χ3n) is 4.49. The van der Waals surface area contributed by atoms with Crippen molar-refractivity contribution >= 4 is 5.91 Å². The SMILES string of the molecule is COc1nc(C)cc(C)c1CNC(=O)c1cc2n(n1)CCCN(C)C2. The second-order valence-electron chi connectivity index (χ2n) is 6.59. The van der Waals surface area contributed by atoms with Crippen molar-refractivity contribution in [3.05, 3.63) is 40.3 Å². The number of fused-ring (bicyclic) bond motifs is 1. The maximum Gasteiger partial charge on any atom is 0.272 e. The molecule has 0 aliphatic carbocycles. The van der Waals surface area contributed by atoms with E-state index in [1.165, 1.54) is 0 Å². The summed E-state index contributed by atoms with van der Waals surface area (Å²) in [5, 5.41) is 7.41. The summed E-state index contributed by atoms with van der Waals surface area (Å²) in [6.07, 6.45) is 1.04. The van der Waals surface area contributed by atoms with E-state index >= 15 is 0 Å². The predicted molar refractivity (Wildman–Crippen MR) is 94.6 cm³/mol. The molecule has 0 saturated heterocycles. The molecule has 0 radical (unpaired) electrons. The summed E-state index contributed by atoms with van der Waals surface area (Å²) in [7, 11) is 3.68. The predicted octanol–water partition coefficient (Wildman–Crippen LogP) is 1.67. The molecule has 134 valence electrons. The molecule has 7 nitrogen and oxygen atoms in total. The van der Waals surface area contributed by atoms with Crippen LogP contribution in [0.4, 0.5) is 0 Å². The zero-order valence-corrected chi connectivity index (χ0v) is 15.3. The monoisotopic (exact) mass is 343 g/mol. The highest BCUT2D eigenvalue weighted by molar-refractivity contribution is 5.92. The molecule has 1 N–H and O–H groups in total. The van der Waals surface area contributed by atoms with E-state index in [1.807, 2.05) is 30.7 Å². The van der Waals surface area contributed by atoms with Gasteiger partial charge < -0.3 is 15.0 Å². The summed E-state index contributed by atoms with van der Waals surface area (Å²) in [5.41, 5.74) is 4.37. The standard InChI is InChI=1S/C18H25N5O2/c1-12-8-13(2)20-18(25-4)15(12)10-19-17(24)16-9-14-11-22(3)6-5-7-23(14)21-16/h8-9H,5-7,10-11H2,1-4H3,(H,19,24). The molecule has 0 bridgehead atoms. The minimum Gasteiger partial charge on any atom is -0.481 e. The van der Waals surface area contributed by atoms with Crippen LogP contribution >= 0.6 is 0 Å². The summed E-state index contributed by atoms with van der Waals surface area (Å²) in [5.74, 6) is 0.380. The largest absolute Gasteiger partial charge is 0.481 e. The highest BCUT2D eigenvalue weighted by Crippen LogP contribution is 2.20. The van der Waals surface area contributed by atoms with E-state index in [4.69, 9.17) is 4.74 Å². The van der Waals surface area contributed by atoms with Crippen molar-refractivity contribution in [2.45, 2.75) is 39.9 Å². The molecule has 3 heterocycles. The van der Waals surface area contributed by atoms with Crippen molar-refractivity contribution in [1.29, 1.82) is 0 Å². The molecule has 0 fully saturated rings. The summed E-state index contributed by atoms with van der Waals surface area (Å²) in [6, 6.07) is 3.87. The van der Waals surface area contributed by atoms with Crippen molar-refractivity contribution in [3.63, 3.8) is 0 Å². The van der Waals surface area contributed by atoms with E-state index in [0.717, 1.165) is 48.6 Å². The number of nitrogens with zero attached hydrogens (tertiary/aromatic N) is 4. The number of carbonyl (C=O) groups excluding carboxylic acids is 1. The molecular formula is C18H25N5O2. The summed E-state index contributed by atoms with van der Waals surface area (Å²) in [6.45, 7) is 6.99. The Balaban J connectivity index is 1.73. The number of methoxy groups -OCH3 is 1. The first-order valence-corrected chi connectivity index (χ1v) is 8.52. The molecule has 3 rings (SSSR count). The van der Waals surface area contributed by atoms with E-state index in [1.54, 1.807) is 7.11 Å². The zero-order valence-electron chi connectivity index (χ0n) is 15.3. The molecule has 2 aromatic rings. The van der Waals surface area contributed by atoms with Gasteiger partial charge in [-0.05, 0) is 45.0 Å². The average molecular weight is 343 g/mol. The van der Waals surface area contributed by atoms with Crippen LogP contribution in [0.1, 0.15) is 39.4 Å². The van der Waals surface area contributed by atoms with Gasteiger partial charge in [-0.15, -0.1) is 0 Å². The maximum absolute atomic E-state index is 12.5. The molecular weight excluding hydrogens is 318 g/mol. The Kier molecular flexibility index (Phi) is 5.03. The lowest BCUT2D eigenvalue weighted by molar-refractivity contribution is 0.0944. The Morgan fingerprint density at radius 3 is 2.88 bits per heavy atom. The summed E-state index contributed by atoms with van der Waals surface area (Å²) < 4.78 is 7.29. The minimum absolute atomic E-state index is 0.176. The molecule has 0 aromatic carbocycles. The first-order valence-electron chi connectivity index (χ1n) is 8.52. The smallest absolute Gasteiger partial charge is 0.272 e. The summed E-state index contributed by atoms with van der Waals surface area (Å²) >= 11 is 0. The first-order chi connectivity index (χ1) is 12.0. The second-order valence-corrected chi connectivity index (χ2v) is 6.59. The molecule has 0 saturated carbocycles. The van der Waals surface area contributed by atoms with E-state index in [-0.39, 0.29) is 5.91 Å². The number of pyridine rings is 1. The number of aromatic nitrogens is 3. The van der Waals surface area contributed by atoms with E-state index < -0.39 is 0 Å². The van der Waals surface area contributed by atoms with Crippen LogP contribution in [0.15, 0.2) is 12.1 Å².